The van der Waals surface area contributed by atoms with Crippen LogP contribution in [0.15, 0.2) is 12.1 Å². The van der Waals surface area contributed by atoms with E-state index in [1.165, 1.54) is 0 Å². The van der Waals surface area contributed by atoms with E-state index < -0.39 is 0 Å². The highest BCUT2D eigenvalue weighted by atomic mass is 35.5. The Balaban J connectivity index is 1.55. The van der Waals surface area contributed by atoms with E-state index in [4.69, 9.17) is 26.3 Å². The summed E-state index contributed by atoms with van der Waals surface area (Å²) in [5.74, 6) is 1.12. The summed E-state index contributed by atoms with van der Waals surface area (Å²) in [6.45, 7) is 5.81. The molecule has 0 saturated heterocycles. The van der Waals surface area contributed by atoms with Crippen molar-refractivity contribution in [1.82, 2.24) is 15.1 Å². The molecule has 2 heterocycles. The van der Waals surface area contributed by atoms with Crippen LogP contribution in [0, 0.1) is 25.2 Å². The molecule has 0 saturated carbocycles. The fourth-order valence-electron chi connectivity index (χ4n) is 3.26. The molecule has 1 aromatic carbocycles. The Morgan fingerprint density at radius 1 is 1.36 bits per heavy atom. The fourth-order valence-corrected chi connectivity index (χ4v) is 3.55. The molecule has 7 nitrogen and oxygen atoms in total. The number of ether oxygens (including phenoxy) is 2. The van der Waals surface area contributed by atoms with Gasteiger partial charge in [0.05, 0.1) is 29.8 Å². The van der Waals surface area contributed by atoms with E-state index in [-0.39, 0.29) is 5.91 Å². The number of aromatic nitrogens is 2. The molecule has 148 valence electrons. The predicted molar refractivity (Wildman–Crippen MR) is 105 cm³/mol. The number of nitrogens with one attached hydrogen (secondary N) is 1. The van der Waals surface area contributed by atoms with Crippen molar-refractivity contribution < 1.29 is 14.3 Å². The predicted octanol–water partition coefficient (Wildman–Crippen LogP) is 3.09. The largest absolute Gasteiger partial charge is 0.486 e. The third-order valence-electron chi connectivity index (χ3n) is 4.72. The topological polar surface area (TPSA) is 89.2 Å². The maximum atomic E-state index is 12.3. The second-order valence-electron chi connectivity index (χ2n) is 6.66. The normalized spacial score (nSPS) is 12.5. The van der Waals surface area contributed by atoms with Crippen LogP contribution in [-0.4, -0.2) is 28.9 Å². The van der Waals surface area contributed by atoms with Gasteiger partial charge in [-0.3, -0.25) is 9.48 Å². The Morgan fingerprint density at radius 2 is 2.14 bits per heavy atom. The van der Waals surface area contributed by atoms with Gasteiger partial charge in [-0.1, -0.05) is 11.6 Å². The standard InChI is InChI=1S/C20H23ClN4O3/c1-13-16(14(2)25(24-13)7-3-6-22)4-5-19(26)23-12-15-10-17(21)20-18(11-15)27-8-9-28-20/h10-11H,3-5,7-9,12H2,1-2H3,(H,23,26). The molecule has 1 aromatic heterocycles. The fraction of sp³-hybridized carbons (Fsp3) is 0.450. The number of hydrogen-bond donors (Lipinski definition) is 1. The zero-order valence-corrected chi connectivity index (χ0v) is 16.8. The molecule has 0 fully saturated rings. The van der Waals surface area contributed by atoms with Crippen LogP contribution in [0.3, 0.4) is 0 Å². The smallest absolute Gasteiger partial charge is 0.220 e. The van der Waals surface area contributed by atoms with Gasteiger partial charge in [-0.15, -0.1) is 0 Å². The van der Waals surface area contributed by atoms with Crippen molar-refractivity contribution in [3.05, 3.63) is 39.7 Å². The third kappa shape index (κ3) is 4.57. The minimum atomic E-state index is -0.0467. The molecule has 2 aromatic rings. The van der Waals surface area contributed by atoms with Gasteiger partial charge in [-0.2, -0.15) is 10.4 Å². The summed E-state index contributed by atoms with van der Waals surface area (Å²) in [7, 11) is 0. The molecule has 0 spiro atoms. The highest BCUT2D eigenvalue weighted by Gasteiger charge is 2.17. The van der Waals surface area contributed by atoms with Gasteiger partial charge in [0.1, 0.15) is 13.2 Å². The molecule has 1 aliphatic heterocycles. The molecular weight excluding hydrogens is 380 g/mol. The second-order valence-corrected chi connectivity index (χ2v) is 7.07. The number of hydrogen-bond acceptors (Lipinski definition) is 5. The highest BCUT2D eigenvalue weighted by molar-refractivity contribution is 6.32. The van der Waals surface area contributed by atoms with Gasteiger partial charge in [0.2, 0.25) is 5.91 Å². The number of carbonyl (C=O) groups excluding carboxylic acids is 1. The van der Waals surface area contributed by atoms with Gasteiger partial charge in [-0.25, -0.2) is 0 Å². The lowest BCUT2D eigenvalue weighted by atomic mass is 10.1. The number of rotatable bonds is 7. The van der Waals surface area contributed by atoms with Crippen molar-refractivity contribution >= 4 is 17.5 Å². The van der Waals surface area contributed by atoms with Gasteiger partial charge in [0.15, 0.2) is 11.5 Å². The van der Waals surface area contributed by atoms with Gasteiger partial charge >= 0.3 is 0 Å². The van der Waals surface area contributed by atoms with Crippen molar-refractivity contribution in [2.24, 2.45) is 0 Å². The summed E-state index contributed by atoms with van der Waals surface area (Å²) in [6, 6.07) is 5.75. The molecule has 0 aliphatic carbocycles. The van der Waals surface area contributed by atoms with Crippen molar-refractivity contribution in [3.63, 3.8) is 0 Å². The van der Waals surface area contributed by atoms with E-state index in [9.17, 15) is 4.79 Å². The first-order valence-electron chi connectivity index (χ1n) is 9.24. The first kappa shape index (κ1) is 20.0. The van der Waals surface area contributed by atoms with E-state index in [1.807, 2.05) is 24.6 Å². The molecule has 0 unspecified atom stereocenters. The molecule has 1 amide bonds. The molecule has 0 atom stereocenters. The Bertz CT molecular complexity index is 917. The zero-order valence-electron chi connectivity index (χ0n) is 16.0. The number of nitrogens with zero attached hydrogens (tertiary/aromatic N) is 3. The van der Waals surface area contributed by atoms with E-state index in [0.717, 1.165) is 22.5 Å². The number of halogens is 1. The maximum absolute atomic E-state index is 12.3. The van der Waals surface area contributed by atoms with Crippen molar-refractivity contribution in [2.45, 2.75) is 46.2 Å². The minimum absolute atomic E-state index is 0.0467. The SMILES string of the molecule is Cc1nn(CCC#N)c(C)c1CCC(=O)NCc1cc(Cl)c2c(c1)OCCO2. The summed E-state index contributed by atoms with van der Waals surface area (Å²) < 4.78 is 12.9. The van der Waals surface area contributed by atoms with Gasteiger partial charge < -0.3 is 14.8 Å². The summed E-state index contributed by atoms with van der Waals surface area (Å²) in [6.07, 6.45) is 1.39. The Morgan fingerprint density at radius 3 is 2.93 bits per heavy atom. The molecule has 0 radical (unpaired) electrons. The number of carbonyl (C=O) groups is 1. The Hall–Kier alpha value is -2.72. The summed E-state index contributed by atoms with van der Waals surface area (Å²) in [5, 5.41) is 16.6. The van der Waals surface area contributed by atoms with Crippen LogP contribution < -0.4 is 14.8 Å². The molecule has 8 heteroatoms. The molecule has 28 heavy (non-hydrogen) atoms. The minimum Gasteiger partial charge on any atom is -0.486 e. The van der Waals surface area contributed by atoms with Crippen molar-refractivity contribution in [2.75, 3.05) is 13.2 Å². The van der Waals surface area contributed by atoms with E-state index in [2.05, 4.69) is 16.5 Å². The monoisotopic (exact) mass is 402 g/mol. The van der Waals surface area contributed by atoms with E-state index in [1.54, 1.807) is 6.07 Å². The summed E-state index contributed by atoms with van der Waals surface area (Å²) in [5.41, 5.74) is 3.84. The lowest BCUT2D eigenvalue weighted by Crippen LogP contribution is -2.23. The first-order valence-corrected chi connectivity index (χ1v) is 9.62. The van der Waals surface area contributed by atoms with Crippen LogP contribution in [0.2, 0.25) is 5.02 Å². The number of benzene rings is 1. The molecular formula is C20H23ClN4O3. The van der Waals surface area contributed by atoms with Crippen molar-refractivity contribution in [1.29, 1.82) is 5.26 Å². The molecule has 1 N–H and O–H groups in total. The van der Waals surface area contributed by atoms with Crippen LogP contribution in [0.4, 0.5) is 0 Å². The lowest BCUT2D eigenvalue weighted by molar-refractivity contribution is -0.121. The Labute approximate surface area is 169 Å². The number of fused-ring (bicyclic) bond motifs is 1. The lowest BCUT2D eigenvalue weighted by Gasteiger charge is -2.20. The van der Waals surface area contributed by atoms with Crippen molar-refractivity contribution in [3.8, 4) is 17.6 Å². The molecule has 3 rings (SSSR count). The third-order valence-corrected chi connectivity index (χ3v) is 5.00. The second kappa shape index (κ2) is 8.98. The van der Waals surface area contributed by atoms with Crippen LogP contribution in [0.5, 0.6) is 11.5 Å². The van der Waals surface area contributed by atoms with Gasteiger partial charge in [-0.05, 0) is 43.5 Å². The summed E-state index contributed by atoms with van der Waals surface area (Å²) in [4.78, 5) is 12.3. The maximum Gasteiger partial charge on any atom is 0.220 e. The molecule has 0 bridgehead atoms. The van der Waals surface area contributed by atoms with E-state index in [0.29, 0.717) is 62.1 Å². The average Bonchev–Trinajstić information content (AvgIpc) is 2.96. The highest BCUT2D eigenvalue weighted by Crippen LogP contribution is 2.38. The Kier molecular flexibility index (Phi) is 6.42. The van der Waals surface area contributed by atoms with Crippen LogP contribution in [0.25, 0.3) is 0 Å². The first-order chi connectivity index (χ1) is 13.5. The summed E-state index contributed by atoms with van der Waals surface area (Å²) >= 11 is 6.23. The quantitative estimate of drug-likeness (QED) is 0.768. The van der Waals surface area contributed by atoms with Crippen LogP contribution in [-0.2, 0) is 24.3 Å². The van der Waals surface area contributed by atoms with Gasteiger partial charge in [0, 0.05) is 18.7 Å². The van der Waals surface area contributed by atoms with Crippen LogP contribution >= 0.6 is 11.6 Å². The zero-order chi connectivity index (χ0) is 20.1. The number of amides is 1. The van der Waals surface area contributed by atoms with Crippen LogP contribution in [0.1, 0.15) is 35.4 Å². The molecule has 1 aliphatic rings. The van der Waals surface area contributed by atoms with E-state index >= 15 is 0 Å². The average molecular weight is 403 g/mol. The van der Waals surface area contributed by atoms with Gasteiger partial charge in [0.25, 0.3) is 0 Å². The number of aryl methyl sites for hydroxylation is 2. The number of nitriles is 1.